The van der Waals surface area contributed by atoms with Gasteiger partial charge in [-0.15, -0.1) is 0 Å². The second-order valence-corrected chi connectivity index (χ2v) is 23.6. The van der Waals surface area contributed by atoms with Crippen LogP contribution < -0.4 is 14.5 Å². The number of rotatable bonds is 19. The third-order valence-electron chi connectivity index (χ3n) is 12.5. The van der Waals surface area contributed by atoms with Crippen LogP contribution in [0, 0.1) is 0 Å². The first kappa shape index (κ1) is 50.7. The lowest BCUT2D eigenvalue weighted by molar-refractivity contribution is -0.107. The molecule has 0 fully saturated rings. The molecule has 3 aromatic rings. The van der Waals surface area contributed by atoms with Crippen molar-refractivity contribution >= 4 is 58.1 Å². The number of benzene rings is 3. The van der Waals surface area contributed by atoms with Crippen LogP contribution in [0.4, 0.5) is 11.4 Å². The number of hydrogen-bond donors (Lipinski definition) is 4. The molecule has 358 valence electrons. The SMILES string of the molecule is CC1(C)/C(=C\C=C2/CCCC(/C=C/C3N(CCCCS(=O)(=O)O)c4ccc(S(=O)(=O)O)cc4C3(C)C)=C2Oc2ccc(S(=O)(=O)O)cc2)N(CCCCCC=O)c2ccc(S(=O)(=O)O)cc21. The third-order valence-corrected chi connectivity index (χ3v) is 15.9. The highest BCUT2D eigenvalue weighted by atomic mass is 32.2. The van der Waals surface area contributed by atoms with Gasteiger partial charge in [-0.05, 0) is 134 Å². The summed E-state index contributed by atoms with van der Waals surface area (Å²) >= 11 is 0. The van der Waals surface area contributed by atoms with Crippen molar-refractivity contribution in [3.8, 4) is 5.75 Å². The van der Waals surface area contributed by atoms with Crippen molar-refractivity contribution in [3.63, 3.8) is 0 Å². The molecule has 0 saturated carbocycles. The highest BCUT2D eigenvalue weighted by molar-refractivity contribution is 7.86. The number of ether oxygens (including phenoxy) is 1. The third kappa shape index (κ3) is 11.5. The molecule has 1 unspecified atom stereocenters. The molecule has 0 amide bonds. The van der Waals surface area contributed by atoms with Crippen molar-refractivity contribution in [2.45, 2.75) is 117 Å². The second-order valence-electron chi connectivity index (χ2n) is 17.8. The van der Waals surface area contributed by atoms with E-state index in [1.54, 1.807) is 12.1 Å². The van der Waals surface area contributed by atoms with E-state index in [9.17, 15) is 56.7 Å². The highest BCUT2D eigenvalue weighted by Crippen LogP contribution is 2.50. The van der Waals surface area contributed by atoms with Gasteiger partial charge in [-0.25, -0.2) is 0 Å². The van der Waals surface area contributed by atoms with E-state index < -0.39 is 63.1 Å². The van der Waals surface area contributed by atoms with E-state index in [2.05, 4.69) is 4.90 Å². The molecule has 66 heavy (non-hydrogen) atoms. The molecule has 3 aromatic carbocycles. The largest absolute Gasteiger partial charge is 0.457 e. The summed E-state index contributed by atoms with van der Waals surface area (Å²) in [6, 6.07) is 13.7. The number of aldehydes is 1. The Labute approximate surface area is 387 Å². The minimum Gasteiger partial charge on any atom is -0.457 e. The second kappa shape index (κ2) is 19.5. The molecule has 0 radical (unpaired) electrons. The summed E-state index contributed by atoms with van der Waals surface area (Å²) in [5.41, 5.74) is 3.68. The average Bonchev–Trinajstić information content (AvgIpc) is 3.57. The Morgan fingerprint density at radius 2 is 1.27 bits per heavy atom. The van der Waals surface area contributed by atoms with Gasteiger partial charge in [-0.2, -0.15) is 33.7 Å². The molecule has 20 heteroatoms. The molecule has 1 aliphatic carbocycles. The topological polar surface area (TPSA) is 250 Å². The van der Waals surface area contributed by atoms with E-state index in [1.807, 2.05) is 56.9 Å². The van der Waals surface area contributed by atoms with Crippen LogP contribution in [0.15, 0.2) is 122 Å². The van der Waals surface area contributed by atoms with Gasteiger partial charge in [0.15, 0.2) is 0 Å². The number of carbonyl (C=O) groups is 1. The van der Waals surface area contributed by atoms with Gasteiger partial charge in [-0.1, -0.05) is 52.3 Å². The minimum absolute atomic E-state index is 0.162. The Bertz CT molecular complexity index is 2940. The van der Waals surface area contributed by atoms with Gasteiger partial charge in [0.05, 0.1) is 26.5 Å². The number of unbranched alkanes of at least 4 members (excludes halogenated alkanes) is 4. The lowest BCUT2D eigenvalue weighted by Gasteiger charge is -2.33. The fourth-order valence-electron chi connectivity index (χ4n) is 9.08. The molecular weight excluding hydrogens is 933 g/mol. The summed E-state index contributed by atoms with van der Waals surface area (Å²) in [6.45, 7) is 8.68. The van der Waals surface area contributed by atoms with Gasteiger partial charge in [0.1, 0.15) is 17.8 Å². The zero-order valence-corrected chi connectivity index (χ0v) is 40.4. The van der Waals surface area contributed by atoms with Crippen molar-refractivity contribution < 1.29 is 61.4 Å². The number of nitrogens with zero attached hydrogens (tertiary/aromatic N) is 2. The van der Waals surface area contributed by atoms with Crippen LogP contribution in [-0.2, 0) is 56.1 Å². The molecule has 1 atom stereocenters. The van der Waals surface area contributed by atoms with Crippen LogP contribution in [0.5, 0.6) is 5.75 Å². The molecular formula is C46H56N2O14S4. The van der Waals surface area contributed by atoms with E-state index in [-0.39, 0.29) is 26.9 Å². The summed E-state index contributed by atoms with van der Waals surface area (Å²) in [5, 5.41) is 0. The number of allylic oxidation sites excluding steroid dienone is 6. The first-order chi connectivity index (χ1) is 30.7. The minimum atomic E-state index is -4.55. The molecule has 3 aliphatic rings. The summed E-state index contributed by atoms with van der Waals surface area (Å²) in [4.78, 5) is 14.3. The molecule has 16 nitrogen and oxygen atoms in total. The maximum absolute atomic E-state index is 12.2. The van der Waals surface area contributed by atoms with E-state index in [1.165, 1.54) is 48.5 Å². The highest BCUT2D eigenvalue weighted by Gasteiger charge is 2.44. The Morgan fingerprint density at radius 3 is 1.88 bits per heavy atom. The van der Waals surface area contributed by atoms with E-state index in [0.717, 1.165) is 41.7 Å². The van der Waals surface area contributed by atoms with Gasteiger partial charge < -0.3 is 19.3 Å². The Morgan fingerprint density at radius 1 is 0.682 bits per heavy atom. The lowest BCUT2D eigenvalue weighted by Crippen LogP contribution is -2.40. The Balaban J connectivity index is 1.46. The molecule has 2 heterocycles. The summed E-state index contributed by atoms with van der Waals surface area (Å²) < 4.78 is 141. The number of carbonyl (C=O) groups excluding carboxylic acids is 1. The zero-order chi connectivity index (χ0) is 48.5. The predicted octanol–water partition coefficient (Wildman–Crippen LogP) is 8.00. The smallest absolute Gasteiger partial charge is 0.294 e. The maximum atomic E-state index is 12.2. The first-order valence-corrected chi connectivity index (χ1v) is 27.4. The Hall–Kier alpha value is -4.67. The average molecular weight is 989 g/mol. The van der Waals surface area contributed by atoms with Gasteiger partial charge in [0.25, 0.3) is 40.5 Å². The van der Waals surface area contributed by atoms with Crippen LogP contribution in [0.3, 0.4) is 0 Å². The van der Waals surface area contributed by atoms with Crippen molar-refractivity contribution in [3.05, 3.63) is 119 Å². The normalized spacial score (nSPS) is 19.8. The summed E-state index contributed by atoms with van der Waals surface area (Å²) in [6.07, 6.45) is 13.7. The maximum Gasteiger partial charge on any atom is 0.294 e. The number of hydrogen-bond acceptors (Lipinski definition) is 12. The quantitative estimate of drug-likeness (QED) is 0.0504. The molecule has 0 saturated heterocycles. The van der Waals surface area contributed by atoms with Gasteiger partial charge >= 0.3 is 0 Å². The van der Waals surface area contributed by atoms with Crippen molar-refractivity contribution in [2.24, 2.45) is 0 Å². The fourth-order valence-corrected chi connectivity index (χ4v) is 11.1. The van der Waals surface area contributed by atoms with Crippen LogP contribution >= 0.6 is 0 Å². The lowest BCUT2D eigenvalue weighted by atomic mass is 9.80. The molecule has 0 aromatic heterocycles. The van der Waals surface area contributed by atoms with Crippen molar-refractivity contribution in [1.82, 2.24) is 0 Å². The Kier molecular flexibility index (Phi) is 15.0. The number of anilines is 2. The van der Waals surface area contributed by atoms with Gasteiger partial charge in [0, 0.05) is 47.4 Å². The van der Waals surface area contributed by atoms with E-state index in [4.69, 9.17) is 4.74 Å². The van der Waals surface area contributed by atoms with Gasteiger partial charge in [-0.3, -0.25) is 18.2 Å². The standard InChI is InChI=1S/C46H56N2O14S4/c1-45(2)38-30-36(65(56,57)58)20-22-40(38)47(26-7-5-6-9-28-49)42(45)24-14-32-12-11-13-33(44(32)62-34-16-18-35(19-17-34)64(53,54)55)15-25-43-46(3,4)39-31-37(66(59,60)61)21-23-41(39)48(43)27-8-10-29-63(50,51)52/h14-25,28,30-31,43H,5-13,26-27,29H2,1-4H3,(H,50,51,52)(H,53,54,55)(H,56,57,58)(H,59,60,61)/b25-15+,32-14+,42-24+. The van der Waals surface area contributed by atoms with E-state index >= 15 is 0 Å². The molecule has 2 aliphatic heterocycles. The monoisotopic (exact) mass is 988 g/mol. The van der Waals surface area contributed by atoms with Crippen LogP contribution in [0.25, 0.3) is 0 Å². The molecule has 0 bridgehead atoms. The van der Waals surface area contributed by atoms with Crippen LogP contribution in [-0.4, -0.2) is 83.1 Å². The number of fused-ring (bicyclic) bond motifs is 2. The van der Waals surface area contributed by atoms with E-state index in [0.29, 0.717) is 74.2 Å². The summed E-state index contributed by atoms with van der Waals surface area (Å²) in [7, 11) is -17.8. The first-order valence-electron chi connectivity index (χ1n) is 21.5. The molecule has 4 N–H and O–H groups in total. The zero-order valence-electron chi connectivity index (χ0n) is 37.1. The van der Waals surface area contributed by atoms with Crippen molar-refractivity contribution in [1.29, 1.82) is 0 Å². The molecule has 6 rings (SSSR count). The van der Waals surface area contributed by atoms with Crippen molar-refractivity contribution in [2.75, 3.05) is 28.6 Å². The van der Waals surface area contributed by atoms with Crippen LogP contribution in [0.1, 0.15) is 96.6 Å². The fraction of sp³-hybridized carbons (Fsp3) is 0.413. The molecule has 0 spiro atoms. The van der Waals surface area contributed by atoms with Gasteiger partial charge in [0.2, 0.25) is 0 Å². The van der Waals surface area contributed by atoms with Crippen LogP contribution in [0.2, 0.25) is 0 Å². The predicted molar refractivity (Wildman–Crippen MR) is 250 cm³/mol. The summed E-state index contributed by atoms with van der Waals surface area (Å²) in [5.74, 6) is 0.314.